The Labute approximate surface area is 85.7 Å². The Morgan fingerprint density at radius 2 is 2.43 bits per heavy atom. The van der Waals surface area contributed by atoms with E-state index in [4.69, 9.17) is 9.84 Å². The molecule has 1 unspecified atom stereocenters. The topological polar surface area (TPSA) is 66.8 Å². The Bertz CT molecular complexity index is 256. The van der Waals surface area contributed by atoms with Crippen LogP contribution in [0.3, 0.4) is 0 Å². The quantitative estimate of drug-likeness (QED) is 0.707. The zero-order chi connectivity index (χ0) is 10.6. The first-order chi connectivity index (χ1) is 6.66. The molecule has 1 fully saturated rings. The fourth-order valence-corrected chi connectivity index (χ4v) is 2.11. The molecule has 6 heteroatoms. The van der Waals surface area contributed by atoms with Crippen molar-refractivity contribution in [1.82, 2.24) is 4.90 Å². The zero-order valence-electron chi connectivity index (χ0n) is 7.51. The summed E-state index contributed by atoms with van der Waals surface area (Å²) in [6.45, 7) is 3.91. The van der Waals surface area contributed by atoms with E-state index in [1.165, 1.54) is 22.7 Å². The Balaban J connectivity index is 2.53. The van der Waals surface area contributed by atoms with Gasteiger partial charge >= 0.3 is 12.1 Å². The van der Waals surface area contributed by atoms with Gasteiger partial charge < -0.3 is 9.84 Å². The van der Waals surface area contributed by atoms with Gasteiger partial charge in [-0.3, -0.25) is 4.90 Å². The minimum Gasteiger partial charge on any atom is -0.479 e. The maximum absolute atomic E-state index is 11.3. The standard InChI is InChI=1S/C8H11NO4S/c1-2-4-13-8(12)9-3-5-14-6(9)7(10)11/h2,6H,1,3-5H2,(H,10,11). The highest BCUT2D eigenvalue weighted by Crippen LogP contribution is 2.24. The SMILES string of the molecule is C=CCOC(=O)N1CCSC1C(=O)O. The number of nitrogens with zero attached hydrogens (tertiary/aromatic N) is 1. The second kappa shape index (κ2) is 4.90. The smallest absolute Gasteiger partial charge is 0.411 e. The van der Waals surface area contributed by atoms with E-state index < -0.39 is 17.4 Å². The van der Waals surface area contributed by atoms with E-state index in [2.05, 4.69) is 6.58 Å². The van der Waals surface area contributed by atoms with Gasteiger partial charge in [0.15, 0.2) is 5.37 Å². The number of ether oxygens (including phenoxy) is 1. The van der Waals surface area contributed by atoms with Crippen molar-refractivity contribution in [1.29, 1.82) is 0 Å². The number of carbonyl (C=O) groups excluding carboxylic acids is 1. The van der Waals surface area contributed by atoms with Crippen LogP contribution in [0.1, 0.15) is 0 Å². The van der Waals surface area contributed by atoms with Crippen molar-refractivity contribution < 1.29 is 19.4 Å². The maximum atomic E-state index is 11.3. The molecule has 1 N–H and O–H groups in total. The monoisotopic (exact) mass is 217 g/mol. The van der Waals surface area contributed by atoms with Gasteiger partial charge in [-0.15, -0.1) is 11.8 Å². The molecular weight excluding hydrogens is 206 g/mol. The van der Waals surface area contributed by atoms with E-state index in [0.29, 0.717) is 12.3 Å². The molecule has 0 bridgehead atoms. The van der Waals surface area contributed by atoms with Crippen LogP contribution in [0.15, 0.2) is 12.7 Å². The van der Waals surface area contributed by atoms with E-state index >= 15 is 0 Å². The van der Waals surface area contributed by atoms with Crippen molar-refractivity contribution >= 4 is 23.8 Å². The lowest BCUT2D eigenvalue weighted by molar-refractivity contribution is -0.139. The number of amides is 1. The molecule has 0 aliphatic carbocycles. The van der Waals surface area contributed by atoms with Gasteiger partial charge in [0.05, 0.1) is 0 Å². The van der Waals surface area contributed by atoms with Gasteiger partial charge in [0.1, 0.15) is 6.61 Å². The summed E-state index contributed by atoms with van der Waals surface area (Å²) in [5, 5.41) is 7.95. The minimum atomic E-state index is -1.01. The number of aliphatic carboxylic acids is 1. The molecule has 78 valence electrons. The highest BCUT2D eigenvalue weighted by Gasteiger charge is 2.35. The van der Waals surface area contributed by atoms with Crippen LogP contribution in [0.5, 0.6) is 0 Å². The number of carboxylic acids is 1. The number of thioether (sulfide) groups is 1. The normalized spacial score (nSPS) is 20.6. The van der Waals surface area contributed by atoms with Crippen LogP contribution < -0.4 is 0 Å². The van der Waals surface area contributed by atoms with Crippen molar-refractivity contribution in [2.45, 2.75) is 5.37 Å². The molecule has 0 spiro atoms. The van der Waals surface area contributed by atoms with Gasteiger partial charge in [-0.05, 0) is 0 Å². The fourth-order valence-electron chi connectivity index (χ4n) is 1.07. The molecule has 0 saturated carbocycles. The third kappa shape index (κ3) is 2.41. The van der Waals surface area contributed by atoms with Crippen molar-refractivity contribution in [2.75, 3.05) is 18.9 Å². The van der Waals surface area contributed by atoms with E-state index in [-0.39, 0.29) is 6.61 Å². The first-order valence-corrected chi connectivity index (χ1v) is 5.10. The van der Waals surface area contributed by atoms with Crippen LogP contribution in [-0.2, 0) is 9.53 Å². The molecule has 14 heavy (non-hydrogen) atoms. The lowest BCUT2D eigenvalue weighted by atomic mass is 10.5. The summed E-state index contributed by atoms with van der Waals surface area (Å²) in [4.78, 5) is 23.2. The summed E-state index contributed by atoms with van der Waals surface area (Å²) in [6.07, 6.45) is 0.846. The largest absolute Gasteiger partial charge is 0.479 e. The number of carboxylic acid groups (broad SMARTS) is 1. The Morgan fingerprint density at radius 3 is 3.00 bits per heavy atom. The molecule has 1 rings (SSSR count). The van der Waals surface area contributed by atoms with Crippen molar-refractivity contribution in [2.24, 2.45) is 0 Å². The third-order valence-corrected chi connectivity index (χ3v) is 2.85. The zero-order valence-corrected chi connectivity index (χ0v) is 8.33. The molecule has 1 amide bonds. The summed E-state index contributed by atoms with van der Waals surface area (Å²) >= 11 is 1.22. The number of rotatable bonds is 3. The second-order valence-electron chi connectivity index (χ2n) is 2.62. The van der Waals surface area contributed by atoms with Gasteiger partial charge in [-0.1, -0.05) is 12.7 Å². The first-order valence-electron chi connectivity index (χ1n) is 4.05. The molecule has 0 aromatic carbocycles. The van der Waals surface area contributed by atoms with Crippen LogP contribution >= 0.6 is 11.8 Å². The van der Waals surface area contributed by atoms with Crippen LogP contribution in [0.25, 0.3) is 0 Å². The lowest BCUT2D eigenvalue weighted by Crippen LogP contribution is -2.39. The average Bonchev–Trinajstić information content (AvgIpc) is 2.62. The van der Waals surface area contributed by atoms with Crippen LogP contribution in [0.4, 0.5) is 4.79 Å². The molecule has 0 aromatic rings. The van der Waals surface area contributed by atoms with E-state index in [1.54, 1.807) is 0 Å². The van der Waals surface area contributed by atoms with Gasteiger partial charge in [-0.2, -0.15) is 0 Å². The van der Waals surface area contributed by atoms with Crippen LogP contribution in [0, 0.1) is 0 Å². The lowest BCUT2D eigenvalue weighted by Gasteiger charge is -2.19. The van der Waals surface area contributed by atoms with E-state index in [1.807, 2.05) is 0 Å². The first kappa shape index (κ1) is 10.9. The minimum absolute atomic E-state index is 0.104. The molecule has 0 radical (unpaired) electrons. The molecule has 1 aliphatic rings. The number of hydrogen-bond acceptors (Lipinski definition) is 4. The molecule has 5 nitrogen and oxygen atoms in total. The maximum Gasteiger partial charge on any atom is 0.411 e. The van der Waals surface area contributed by atoms with Crippen molar-refractivity contribution in [3.8, 4) is 0 Å². The molecule has 1 saturated heterocycles. The summed E-state index contributed by atoms with van der Waals surface area (Å²) in [5.41, 5.74) is 0. The van der Waals surface area contributed by atoms with Gasteiger partial charge in [-0.25, -0.2) is 9.59 Å². The Morgan fingerprint density at radius 1 is 1.71 bits per heavy atom. The molecule has 1 atom stereocenters. The van der Waals surface area contributed by atoms with E-state index in [0.717, 1.165) is 0 Å². The average molecular weight is 217 g/mol. The summed E-state index contributed by atoms with van der Waals surface area (Å²) in [5.74, 6) is -0.386. The van der Waals surface area contributed by atoms with Gasteiger partial charge in [0.2, 0.25) is 0 Å². The summed E-state index contributed by atoms with van der Waals surface area (Å²) < 4.78 is 4.75. The van der Waals surface area contributed by atoms with Gasteiger partial charge in [0.25, 0.3) is 0 Å². The number of carbonyl (C=O) groups is 2. The van der Waals surface area contributed by atoms with Crippen LogP contribution in [-0.4, -0.2) is 46.3 Å². The molecule has 1 aliphatic heterocycles. The van der Waals surface area contributed by atoms with E-state index in [9.17, 15) is 9.59 Å². The Hall–Kier alpha value is -1.17. The predicted octanol–water partition coefficient (Wildman–Crippen LogP) is 0.768. The fraction of sp³-hybridized carbons (Fsp3) is 0.500. The predicted molar refractivity (Wildman–Crippen MR) is 52.1 cm³/mol. The second-order valence-corrected chi connectivity index (χ2v) is 3.81. The molecule has 1 heterocycles. The van der Waals surface area contributed by atoms with Gasteiger partial charge in [0, 0.05) is 12.3 Å². The third-order valence-electron chi connectivity index (χ3n) is 1.66. The highest BCUT2D eigenvalue weighted by atomic mass is 32.2. The van der Waals surface area contributed by atoms with Crippen molar-refractivity contribution in [3.05, 3.63) is 12.7 Å². The Kier molecular flexibility index (Phi) is 3.82. The van der Waals surface area contributed by atoms with Crippen LogP contribution in [0.2, 0.25) is 0 Å². The highest BCUT2D eigenvalue weighted by molar-refractivity contribution is 8.00. The summed E-state index contributed by atoms with van der Waals surface area (Å²) in [7, 11) is 0. The number of hydrogen-bond donors (Lipinski definition) is 1. The molecular formula is C8H11NO4S. The summed E-state index contributed by atoms with van der Waals surface area (Å²) in [6, 6.07) is 0. The molecule has 0 aromatic heterocycles. The van der Waals surface area contributed by atoms with Crippen molar-refractivity contribution in [3.63, 3.8) is 0 Å².